The number of anilines is 1. The van der Waals surface area contributed by atoms with Crippen molar-refractivity contribution in [2.24, 2.45) is 0 Å². The Morgan fingerprint density at radius 1 is 1.37 bits per heavy atom. The molecule has 2 unspecified atom stereocenters. The maximum Gasteiger partial charge on any atom is 0.0772 e. The van der Waals surface area contributed by atoms with Crippen LogP contribution in [0.4, 0.5) is 5.69 Å². The normalized spacial score (nSPS) is 29.1. The summed E-state index contributed by atoms with van der Waals surface area (Å²) >= 11 is 0. The van der Waals surface area contributed by atoms with Crippen LogP contribution in [0.5, 0.6) is 0 Å². The van der Waals surface area contributed by atoms with Gasteiger partial charge in [-0.25, -0.2) is 0 Å². The molecule has 2 fully saturated rings. The fourth-order valence-electron chi connectivity index (χ4n) is 3.41. The fraction of sp³-hybridized carbons (Fsp3) is 0.667. The lowest BCUT2D eigenvalue weighted by Gasteiger charge is -2.47. The number of piperazine rings is 1. The maximum absolute atomic E-state index is 6.02. The molecule has 0 radical (unpaired) electrons. The average molecular weight is 260 g/mol. The summed E-state index contributed by atoms with van der Waals surface area (Å²) in [5.74, 6) is 0. The minimum atomic E-state index is 0.593. The highest BCUT2D eigenvalue weighted by molar-refractivity contribution is 5.41. The lowest BCUT2D eigenvalue weighted by molar-refractivity contribution is 0.0106. The number of pyridine rings is 1. The van der Waals surface area contributed by atoms with E-state index in [4.69, 9.17) is 5.73 Å². The number of piperidine rings is 1. The number of aromatic nitrogens is 1. The average Bonchev–Trinajstić information content (AvgIpc) is 2.42. The molecule has 2 atom stereocenters. The van der Waals surface area contributed by atoms with E-state index in [-0.39, 0.29) is 0 Å². The SMILES string of the molecule is CC1CN2CCCCC2CN1Cc1ncccc1N. The molecule has 0 aliphatic carbocycles. The highest BCUT2D eigenvalue weighted by atomic mass is 15.3. The van der Waals surface area contributed by atoms with E-state index in [1.165, 1.54) is 32.4 Å². The highest BCUT2D eigenvalue weighted by Gasteiger charge is 2.33. The molecule has 2 saturated heterocycles. The van der Waals surface area contributed by atoms with Gasteiger partial charge in [0.1, 0.15) is 0 Å². The molecule has 1 aromatic heterocycles. The van der Waals surface area contributed by atoms with Crippen LogP contribution in [0.3, 0.4) is 0 Å². The first-order valence-corrected chi connectivity index (χ1v) is 7.41. The molecule has 3 heterocycles. The number of nitrogen functional groups attached to an aromatic ring is 1. The second-order valence-corrected chi connectivity index (χ2v) is 5.96. The van der Waals surface area contributed by atoms with Gasteiger partial charge in [0.2, 0.25) is 0 Å². The minimum absolute atomic E-state index is 0.593. The van der Waals surface area contributed by atoms with Crippen LogP contribution in [-0.2, 0) is 6.54 Å². The summed E-state index contributed by atoms with van der Waals surface area (Å²) in [6.07, 6.45) is 5.94. The number of fused-ring (bicyclic) bond motifs is 1. The molecule has 3 rings (SSSR count). The third kappa shape index (κ3) is 2.74. The summed E-state index contributed by atoms with van der Waals surface area (Å²) in [6, 6.07) is 5.19. The van der Waals surface area contributed by atoms with Crippen LogP contribution in [0.2, 0.25) is 0 Å². The van der Waals surface area contributed by atoms with Gasteiger partial charge in [0.25, 0.3) is 0 Å². The van der Waals surface area contributed by atoms with Gasteiger partial charge in [0, 0.05) is 37.9 Å². The molecule has 0 saturated carbocycles. The molecule has 104 valence electrons. The van der Waals surface area contributed by atoms with Gasteiger partial charge >= 0.3 is 0 Å². The largest absolute Gasteiger partial charge is 0.397 e. The maximum atomic E-state index is 6.02. The number of nitrogens with two attached hydrogens (primary N) is 1. The van der Waals surface area contributed by atoms with E-state index < -0.39 is 0 Å². The molecule has 4 heteroatoms. The Bertz CT molecular complexity index is 434. The molecule has 0 spiro atoms. The van der Waals surface area contributed by atoms with E-state index in [1.54, 1.807) is 0 Å². The van der Waals surface area contributed by atoms with E-state index >= 15 is 0 Å². The van der Waals surface area contributed by atoms with Crippen molar-refractivity contribution in [3.8, 4) is 0 Å². The smallest absolute Gasteiger partial charge is 0.0772 e. The van der Waals surface area contributed by atoms with Crippen LogP contribution in [0, 0.1) is 0 Å². The molecule has 2 N–H and O–H groups in total. The Balaban J connectivity index is 1.69. The van der Waals surface area contributed by atoms with E-state index in [1.807, 2.05) is 18.3 Å². The summed E-state index contributed by atoms with van der Waals surface area (Å²) in [5, 5.41) is 0. The molecule has 2 aliphatic heterocycles. The van der Waals surface area contributed by atoms with Crippen molar-refractivity contribution in [2.75, 3.05) is 25.4 Å². The molecule has 19 heavy (non-hydrogen) atoms. The first-order chi connectivity index (χ1) is 9.24. The monoisotopic (exact) mass is 260 g/mol. The van der Waals surface area contributed by atoms with Crippen molar-refractivity contribution in [3.63, 3.8) is 0 Å². The number of rotatable bonds is 2. The second-order valence-electron chi connectivity index (χ2n) is 5.96. The third-order valence-electron chi connectivity index (χ3n) is 4.59. The second kappa shape index (κ2) is 5.47. The number of hydrogen-bond donors (Lipinski definition) is 1. The van der Waals surface area contributed by atoms with Crippen molar-refractivity contribution in [2.45, 2.75) is 44.8 Å². The fourth-order valence-corrected chi connectivity index (χ4v) is 3.41. The van der Waals surface area contributed by atoms with E-state index in [9.17, 15) is 0 Å². The number of hydrogen-bond acceptors (Lipinski definition) is 4. The van der Waals surface area contributed by atoms with E-state index in [2.05, 4.69) is 21.7 Å². The van der Waals surface area contributed by atoms with Gasteiger partial charge < -0.3 is 5.73 Å². The van der Waals surface area contributed by atoms with Gasteiger partial charge in [-0.3, -0.25) is 14.8 Å². The molecule has 4 nitrogen and oxygen atoms in total. The van der Waals surface area contributed by atoms with Gasteiger partial charge in [0.05, 0.1) is 11.4 Å². The van der Waals surface area contributed by atoms with Crippen LogP contribution in [0.25, 0.3) is 0 Å². The Morgan fingerprint density at radius 2 is 2.26 bits per heavy atom. The molecule has 0 aromatic carbocycles. The van der Waals surface area contributed by atoms with Crippen molar-refractivity contribution in [1.29, 1.82) is 0 Å². The zero-order chi connectivity index (χ0) is 13.2. The quantitative estimate of drug-likeness (QED) is 0.879. The Kier molecular flexibility index (Phi) is 3.71. The van der Waals surface area contributed by atoms with E-state index in [0.717, 1.165) is 30.5 Å². The molecular formula is C15H24N4. The molecular weight excluding hydrogens is 236 g/mol. The molecule has 0 amide bonds. The third-order valence-corrected chi connectivity index (χ3v) is 4.59. The lowest BCUT2D eigenvalue weighted by atomic mass is 9.97. The van der Waals surface area contributed by atoms with Gasteiger partial charge in [-0.15, -0.1) is 0 Å². The van der Waals surface area contributed by atoms with Crippen LogP contribution in [-0.4, -0.2) is 46.5 Å². The van der Waals surface area contributed by atoms with Gasteiger partial charge in [-0.05, 0) is 38.4 Å². The first-order valence-electron chi connectivity index (χ1n) is 7.41. The zero-order valence-corrected chi connectivity index (χ0v) is 11.8. The lowest BCUT2D eigenvalue weighted by Crippen LogP contribution is -2.58. The van der Waals surface area contributed by atoms with Gasteiger partial charge in [-0.2, -0.15) is 0 Å². The summed E-state index contributed by atoms with van der Waals surface area (Å²) in [7, 11) is 0. The topological polar surface area (TPSA) is 45.4 Å². The van der Waals surface area contributed by atoms with Crippen LogP contribution >= 0.6 is 0 Å². The predicted octanol–water partition coefficient (Wildman–Crippen LogP) is 1.72. The standard InChI is InChI=1S/C15H24N4/c1-12-9-18-8-3-2-5-13(18)10-19(12)11-15-14(16)6-4-7-17-15/h4,6-7,12-13H,2-3,5,8-11,16H2,1H3. The Labute approximate surface area is 115 Å². The van der Waals surface area contributed by atoms with Crippen molar-refractivity contribution in [3.05, 3.63) is 24.0 Å². The van der Waals surface area contributed by atoms with Gasteiger partial charge in [-0.1, -0.05) is 6.42 Å². The Morgan fingerprint density at radius 3 is 3.11 bits per heavy atom. The number of nitrogens with zero attached hydrogens (tertiary/aromatic N) is 3. The van der Waals surface area contributed by atoms with Crippen molar-refractivity contribution in [1.82, 2.24) is 14.8 Å². The van der Waals surface area contributed by atoms with Gasteiger partial charge in [0.15, 0.2) is 0 Å². The summed E-state index contributed by atoms with van der Waals surface area (Å²) in [4.78, 5) is 9.65. The molecule has 0 bridgehead atoms. The van der Waals surface area contributed by atoms with Crippen molar-refractivity contribution >= 4 is 5.69 Å². The van der Waals surface area contributed by atoms with Crippen LogP contribution in [0.1, 0.15) is 31.9 Å². The van der Waals surface area contributed by atoms with Crippen molar-refractivity contribution < 1.29 is 0 Å². The predicted molar refractivity (Wildman–Crippen MR) is 77.7 cm³/mol. The van der Waals surface area contributed by atoms with Crippen LogP contribution in [0.15, 0.2) is 18.3 Å². The van der Waals surface area contributed by atoms with Crippen LogP contribution < -0.4 is 5.73 Å². The summed E-state index contributed by atoms with van der Waals surface area (Å²) in [6.45, 7) is 6.85. The Hall–Kier alpha value is -1.13. The molecule has 1 aromatic rings. The first kappa shape index (κ1) is 12.9. The summed E-state index contributed by atoms with van der Waals surface area (Å²) < 4.78 is 0. The van der Waals surface area contributed by atoms with E-state index in [0.29, 0.717) is 6.04 Å². The summed E-state index contributed by atoms with van der Waals surface area (Å²) in [5.41, 5.74) is 7.86. The minimum Gasteiger partial charge on any atom is -0.397 e. The molecule has 2 aliphatic rings. The highest BCUT2D eigenvalue weighted by Crippen LogP contribution is 2.25. The zero-order valence-electron chi connectivity index (χ0n) is 11.8.